The Balaban J connectivity index is 1.50. The van der Waals surface area contributed by atoms with Crippen molar-refractivity contribution in [3.63, 3.8) is 0 Å². The van der Waals surface area contributed by atoms with E-state index in [1.54, 1.807) is 17.9 Å². The Morgan fingerprint density at radius 3 is 2.88 bits per heavy atom. The standard InChI is InChI=1S/C16H17N7O3/c1-10-14(22-26-20-10)16(24)23-5-2-12-13(3-6-23)18-9-19-15(12)17-8-11-4-7-25-21-11/h4,7,9H,2-3,5-6,8H2,1H3,(H,17,18,19). The predicted octanol–water partition coefficient (Wildman–Crippen LogP) is 1.01. The van der Waals surface area contributed by atoms with E-state index in [-0.39, 0.29) is 11.6 Å². The second-order valence-electron chi connectivity index (χ2n) is 5.98. The molecule has 0 spiro atoms. The van der Waals surface area contributed by atoms with Gasteiger partial charge >= 0.3 is 0 Å². The Bertz CT molecular complexity index is 906. The molecule has 1 amide bonds. The number of aromatic nitrogens is 5. The Morgan fingerprint density at radius 2 is 2.12 bits per heavy atom. The fourth-order valence-electron chi connectivity index (χ4n) is 2.96. The number of carbonyl (C=O) groups is 1. The third-order valence-electron chi connectivity index (χ3n) is 4.36. The summed E-state index contributed by atoms with van der Waals surface area (Å²) < 4.78 is 9.48. The average molecular weight is 355 g/mol. The quantitative estimate of drug-likeness (QED) is 0.730. The lowest BCUT2D eigenvalue weighted by molar-refractivity contribution is 0.0751. The summed E-state index contributed by atoms with van der Waals surface area (Å²) in [4.78, 5) is 23.1. The van der Waals surface area contributed by atoms with Crippen LogP contribution in [-0.4, -0.2) is 49.3 Å². The van der Waals surface area contributed by atoms with Gasteiger partial charge in [0.2, 0.25) is 0 Å². The molecule has 0 radical (unpaired) electrons. The van der Waals surface area contributed by atoms with Crippen molar-refractivity contribution in [1.29, 1.82) is 0 Å². The maximum absolute atomic E-state index is 12.6. The summed E-state index contributed by atoms with van der Waals surface area (Å²) >= 11 is 0. The molecular formula is C16H17N7O3. The van der Waals surface area contributed by atoms with E-state index < -0.39 is 0 Å². The Morgan fingerprint density at radius 1 is 1.23 bits per heavy atom. The number of hydrogen-bond acceptors (Lipinski definition) is 9. The third kappa shape index (κ3) is 3.13. The van der Waals surface area contributed by atoms with Crippen LogP contribution in [0.15, 0.2) is 27.8 Å². The summed E-state index contributed by atoms with van der Waals surface area (Å²) in [6.45, 7) is 3.31. The molecule has 0 fully saturated rings. The van der Waals surface area contributed by atoms with E-state index >= 15 is 0 Å². The highest BCUT2D eigenvalue weighted by Crippen LogP contribution is 2.21. The normalized spacial score (nSPS) is 14.0. The first-order valence-electron chi connectivity index (χ1n) is 8.26. The van der Waals surface area contributed by atoms with Crippen LogP contribution >= 0.6 is 0 Å². The molecule has 4 heterocycles. The van der Waals surface area contributed by atoms with Crippen molar-refractivity contribution in [2.45, 2.75) is 26.3 Å². The highest BCUT2D eigenvalue weighted by molar-refractivity contribution is 5.93. The summed E-state index contributed by atoms with van der Waals surface area (Å²) in [5.74, 6) is 0.577. The van der Waals surface area contributed by atoms with Gasteiger partial charge in [0.25, 0.3) is 5.91 Å². The minimum atomic E-state index is -0.179. The molecule has 0 aromatic carbocycles. The van der Waals surface area contributed by atoms with E-state index in [0.717, 1.165) is 22.8 Å². The number of nitrogens with one attached hydrogen (secondary N) is 1. The summed E-state index contributed by atoms with van der Waals surface area (Å²) in [5.41, 5.74) is 3.49. The molecule has 134 valence electrons. The Kier molecular flexibility index (Phi) is 4.30. The number of rotatable bonds is 4. The number of fused-ring (bicyclic) bond motifs is 1. The van der Waals surface area contributed by atoms with Crippen LogP contribution in [0.25, 0.3) is 0 Å². The largest absolute Gasteiger partial charge is 0.364 e. The van der Waals surface area contributed by atoms with Crippen LogP contribution in [0.5, 0.6) is 0 Å². The highest BCUT2D eigenvalue weighted by atomic mass is 16.6. The van der Waals surface area contributed by atoms with E-state index in [2.05, 4.69) is 35.4 Å². The maximum Gasteiger partial charge on any atom is 0.278 e. The van der Waals surface area contributed by atoms with Gasteiger partial charge in [-0.1, -0.05) is 10.3 Å². The topological polar surface area (TPSA) is 123 Å². The molecule has 0 unspecified atom stereocenters. The monoisotopic (exact) mass is 355 g/mol. The average Bonchev–Trinajstić information content (AvgIpc) is 3.26. The smallest absolute Gasteiger partial charge is 0.278 e. The van der Waals surface area contributed by atoms with Crippen LogP contribution < -0.4 is 5.32 Å². The fourth-order valence-corrected chi connectivity index (χ4v) is 2.96. The van der Waals surface area contributed by atoms with E-state index in [1.807, 2.05) is 0 Å². The van der Waals surface area contributed by atoms with Crippen LogP contribution in [0.2, 0.25) is 0 Å². The van der Waals surface area contributed by atoms with E-state index in [1.165, 1.54) is 12.6 Å². The molecule has 4 rings (SSSR count). The second-order valence-corrected chi connectivity index (χ2v) is 5.98. The molecule has 0 saturated carbocycles. The first-order chi connectivity index (χ1) is 12.7. The van der Waals surface area contributed by atoms with Gasteiger partial charge in [-0.25, -0.2) is 14.6 Å². The van der Waals surface area contributed by atoms with Crippen molar-refractivity contribution in [2.24, 2.45) is 0 Å². The van der Waals surface area contributed by atoms with Crippen LogP contribution in [0.1, 0.15) is 33.1 Å². The summed E-state index contributed by atoms with van der Waals surface area (Å²) in [6, 6.07) is 1.79. The van der Waals surface area contributed by atoms with Gasteiger partial charge in [-0.3, -0.25) is 4.79 Å². The Hall–Kier alpha value is -3.30. The first kappa shape index (κ1) is 16.2. The Labute approximate surface area is 148 Å². The lowest BCUT2D eigenvalue weighted by Crippen LogP contribution is -2.34. The van der Waals surface area contributed by atoms with Crippen molar-refractivity contribution in [2.75, 3.05) is 18.4 Å². The first-order valence-corrected chi connectivity index (χ1v) is 8.26. The predicted molar refractivity (Wildman–Crippen MR) is 88.2 cm³/mol. The summed E-state index contributed by atoms with van der Waals surface area (Å²) in [5, 5.41) is 14.5. The molecular weight excluding hydrogens is 338 g/mol. The fraction of sp³-hybridized carbons (Fsp3) is 0.375. The van der Waals surface area contributed by atoms with Crippen molar-refractivity contribution < 1.29 is 13.9 Å². The molecule has 0 saturated heterocycles. The molecule has 1 aliphatic heterocycles. The molecule has 1 N–H and O–H groups in total. The van der Waals surface area contributed by atoms with Crippen LogP contribution in [0, 0.1) is 6.92 Å². The minimum Gasteiger partial charge on any atom is -0.364 e. The van der Waals surface area contributed by atoms with Crippen LogP contribution in [0.3, 0.4) is 0 Å². The van der Waals surface area contributed by atoms with Crippen LogP contribution in [0.4, 0.5) is 5.82 Å². The molecule has 3 aromatic heterocycles. The van der Waals surface area contributed by atoms with E-state index in [0.29, 0.717) is 38.2 Å². The zero-order valence-electron chi connectivity index (χ0n) is 14.2. The second kappa shape index (κ2) is 6.90. The summed E-state index contributed by atoms with van der Waals surface area (Å²) in [7, 11) is 0. The summed E-state index contributed by atoms with van der Waals surface area (Å²) in [6.07, 6.45) is 4.36. The number of carbonyl (C=O) groups excluding carboxylic acids is 1. The molecule has 26 heavy (non-hydrogen) atoms. The van der Waals surface area contributed by atoms with Gasteiger partial charge in [-0.15, -0.1) is 0 Å². The van der Waals surface area contributed by atoms with Crippen molar-refractivity contribution >= 4 is 11.7 Å². The number of anilines is 1. The zero-order valence-corrected chi connectivity index (χ0v) is 14.2. The van der Waals surface area contributed by atoms with Crippen molar-refractivity contribution in [1.82, 2.24) is 30.3 Å². The number of amides is 1. The number of aryl methyl sites for hydroxylation is 1. The number of hydrogen-bond donors (Lipinski definition) is 1. The zero-order chi connectivity index (χ0) is 17.9. The van der Waals surface area contributed by atoms with Gasteiger partial charge < -0.3 is 14.7 Å². The van der Waals surface area contributed by atoms with E-state index in [9.17, 15) is 4.79 Å². The van der Waals surface area contributed by atoms with Gasteiger partial charge in [0.1, 0.15) is 29.8 Å². The van der Waals surface area contributed by atoms with Crippen LogP contribution in [-0.2, 0) is 19.4 Å². The molecule has 0 aliphatic carbocycles. The minimum absolute atomic E-state index is 0.179. The molecule has 0 atom stereocenters. The van der Waals surface area contributed by atoms with Crippen molar-refractivity contribution in [3.8, 4) is 0 Å². The lowest BCUT2D eigenvalue weighted by atomic mass is 10.1. The van der Waals surface area contributed by atoms with Crippen molar-refractivity contribution in [3.05, 3.63) is 47.0 Å². The molecule has 3 aromatic rings. The maximum atomic E-state index is 12.6. The van der Waals surface area contributed by atoms with Gasteiger partial charge in [0.15, 0.2) is 5.69 Å². The van der Waals surface area contributed by atoms with Gasteiger partial charge in [0.05, 0.1) is 12.2 Å². The van der Waals surface area contributed by atoms with Gasteiger partial charge in [0, 0.05) is 31.1 Å². The SMILES string of the molecule is Cc1nonc1C(=O)N1CCc2ncnc(NCc3ccon3)c2CC1. The third-order valence-corrected chi connectivity index (χ3v) is 4.36. The molecule has 0 bridgehead atoms. The van der Waals surface area contributed by atoms with Gasteiger partial charge in [-0.2, -0.15) is 0 Å². The van der Waals surface area contributed by atoms with Gasteiger partial charge in [-0.05, 0) is 18.5 Å². The van der Waals surface area contributed by atoms with E-state index in [4.69, 9.17) is 4.52 Å². The highest BCUT2D eigenvalue weighted by Gasteiger charge is 2.25. The lowest BCUT2D eigenvalue weighted by Gasteiger charge is -2.18. The molecule has 10 heteroatoms. The molecule has 10 nitrogen and oxygen atoms in total. The molecule has 1 aliphatic rings. The number of nitrogens with zero attached hydrogens (tertiary/aromatic N) is 6.